The van der Waals surface area contributed by atoms with E-state index in [-0.39, 0.29) is 5.92 Å². The Kier molecular flexibility index (Phi) is 4.20. The molecule has 102 valence electrons. The third kappa shape index (κ3) is 2.95. The lowest BCUT2D eigenvalue weighted by molar-refractivity contribution is -0.142. The number of carbonyl (C=O) groups is 1. The predicted octanol–water partition coefficient (Wildman–Crippen LogP) is 3.01. The number of para-hydroxylation sites is 2. The lowest BCUT2D eigenvalue weighted by Crippen LogP contribution is -2.18. The van der Waals surface area contributed by atoms with E-state index in [1.165, 1.54) is 0 Å². The second kappa shape index (κ2) is 5.87. The quantitative estimate of drug-likeness (QED) is 0.868. The molecule has 0 aliphatic carbocycles. The van der Waals surface area contributed by atoms with E-state index in [4.69, 9.17) is 0 Å². The van der Waals surface area contributed by atoms with Crippen molar-refractivity contribution in [1.82, 2.24) is 9.55 Å². The molecule has 1 atom stereocenters. The zero-order valence-corrected chi connectivity index (χ0v) is 11.5. The molecule has 0 aliphatic rings. The minimum Gasteiger partial charge on any atom is -0.481 e. The van der Waals surface area contributed by atoms with Crippen molar-refractivity contribution >= 4 is 17.0 Å². The van der Waals surface area contributed by atoms with Crippen LogP contribution in [-0.4, -0.2) is 20.6 Å². The number of aryl methyl sites for hydroxylation is 1. The van der Waals surface area contributed by atoms with E-state index in [0.29, 0.717) is 6.42 Å². The van der Waals surface area contributed by atoms with Crippen LogP contribution in [0.4, 0.5) is 0 Å². The molecule has 1 heterocycles. The molecule has 1 aromatic carbocycles. The largest absolute Gasteiger partial charge is 0.481 e. The third-order valence-corrected chi connectivity index (χ3v) is 3.56. The first kappa shape index (κ1) is 13.6. The van der Waals surface area contributed by atoms with Crippen molar-refractivity contribution in [2.75, 3.05) is 0 Å². The Labute approximate surface area is 113 Å². The monoisotopic (exact) mass is 260 g/mol. The lowest BCUT2D eigenvalue weighted by Gasteiger charge is -2.11. The Bertz CT molecular complexity index is 575. The van der Waals surface area contributed by atoms with Gasteiger partial charge >= 0.3 is 5.97 Å². The maximum Gasteiger partial charge on any atom is 0.306 e. The van der Waals surface area contributed by atoms with Gasteiger partial charge in [-0.1, -0.05) is 31.9 Å². The fraction of sp³-hybridized carbons (Fsp3) is 0.467. The smallest absolute Gasteiger partial charge is 0.306 e. The van der Waals surface area contributed by atoms with Gasteiger partial charge in [0.2, 0.25) is 0 Å². The van der Waals surface area contributed by atoms with Crippen LogP contribution in [0.15, 0.2) is 24.3 Å². The van der Waals surface area contributed by atoms with Gasteiger partial charge in [-0.25, -0.2) is 4.98 Å². The van der Waals surface area contributed by atoms with Crippen molar-refractivity contribution in [1.29, 1.82) is 0 Å². The van der Waals surface area contributed by atoms with Gasteiger partial charge in [-0.2, -0.15) is 0 Å². The van der Waals surface area contributed by atoms with E-state index >= 15 is 0 Å². The summed E-state index contributed by atoms with van der Waals surface area (Å²) < 4.78 is 2.00. The summed E-state index contributed by atoms with van der Waals surface area (Å²) in [5.41, 5.74) is 1.98. The average Bonchev–Trinajstić information content (AvgIpc) is 2.71. The molecule has 2 aromatic rings. The number of carboxylic acid groups (broad SMARTS) is 1. The molecule has 0 radical (unpaired) electrons. The van der Waals surface area contributed by atoms with Gasteiger partial charge in [0.25, 0.3) is 0 Å². The number of hydrogen-bond acceptors (Lipinski definition) is 2. The Morgan fingerprint density at radius 2 is 2.16 bits per heavy atom. The highest BCUT2D eigenvalue weighted by Gasteiger charge is 2.20. The zero-order chi connectivity index (χ0) is 13.8. The van der Waals surface area contributed by atoms with E-state index in [0.717, 1.165) is 36.1 Å². The van der Waals surface area contributed by atoms with Crippen molar-refractivity contribution in [3.8, 4) is 0 Å². The summed E-state index contributed by atoms with van der Waals surface area (Å²) in [7, 11) is 1.95. The number of unbranched alkanes of at least 4 members (excludes halogenated alkanes) is 1. The van der Waals surface area contributed by atoms with Gasteiger partial charge in [0.1, 0.15) is 5.82 Å². The van der Waals surface area contributed by atoms with Crippen LogP contribution in [-0.2, 0) is 18.3 Å². The minimum atomic E-state index is -0.722. The number of hydrogen-bond donors (Lipinski definition) is 1. The Morgan fingerprint density at radius 1 is 1.42 bits per heavy atom. The number of carboxylic acids is 1. The van der Waals surface area contributed by atoms with Gasteiger partial charge < -0.3 is 9.67 Å². The number of aliphatic carboxylic acids is 1. The molecule has 0 saturated heterocycles. The van der Waals surface area contributed by atoms with Crippen LogP contribution in [0.5, 0.6) is 0 Å². The van der Waals surface area contributed by atoms with Crippen molar-refractivity contribution in [2.24, 2.45) is 13.0 Å². The minimum absolute atomic E-state index is 0.338. The molecule has 1 unspecified atom stereocenters. The number of imidazole rings is 1. The second-order valence-electron chi connectivity index (χ2n) is 4.96. The third-order valence-electron chi connectivity index (χ3n) is 3.56. The maximum absolute atomic E-state index is 11.3. The Morgan fingerprint density at radius 3 is 2.79 bits per heavy atom. The molecule has 1 aromatic heterocycles. The number of aromatic nitrogens is 2. The van der Waals surface area contributed by atoms with E-state index in [9.17, 15) is 9.90 Å². The molecule has 19 heavy (non-hydrogen) atoms. The molecule has 0 spiro atoms. The maximum atomic E-state index is 11.3. The number of fused-ring (bicyclic) bond motifs is 1. The molecule has 0 saturated carbocycles. The molecule has 2 rings (SSSR count). The molecule has 1 N–H and O–H groups in total. The average molecular weight is 260 g/mol. The van der Waals surface area contributed by atoms with E-state index in [2.05, 4.69) is 11.9 Å². The summed E-state index contributed by atoms with van der Waals surface area (Å²) in [6.07, 6.45) is 3.18. The van der Waals surface area contributed by atoms with Crippen LogP contribution in [0.2, 0.25) is 0 Å². The molecule has 0 bridgehead atoms. The lowest BCUT2D eigenvalue weighted by atomic mass is 9.98. The first-order chi connectivity index (χ1) is 9.13. The number of nitrogens with zero attached hydrogens (tertiary/aromatic N) is 2. The van der Waals surface area contributed by atoms with E-state index < -0.39 is 5.97 Å². The number of rotatable bonds is 6. The molecule has 0 amide bonds. The molecular formula is C15H20N2O2. The van der Waals surface area contributed by atoms with Crippen LogP contribution in [0.3, 0.4) is 0 Å². The van der Waals surface area contributed by atoms with Gasteiger partial charge in [0, 0.05) is 13.5 Å². The van der Waals surface area contributed by atoms with Crippen LogP contribution < -0.4 is 0 Å². The fourth-order valence-electron chi connectivity index (χ4n) is 2.36. The standard InChI is InChI=1S/C15H20N2O2/c1-3-4-7-11(15(18)19)10-14-16-12-8-5-6-9-13(12)17(14)2/h5-6,8-9,11H,3-4,7,10H2,1-2H3,(H,18,19). The van der Waals surface area contributed by atoms with Crippen molar-refractivity contribution in [3.63, 3.8) is 0 Å². The van der Waals surface area contributed by atoms with Crippen LogP contribution >= 0.6 is 0 Å². The highest BCUT2D eigenvalue weighted by molar-refractivity contribution is 5.76. The Hall–Kier alpha value is -1.84. The van der Waals surface area contributed by atoms with Gasteiger partial charge in [-0.3, -0.25) is 4.79 Å². The van der Waals surface area contributed by atoms with Crippen LogP contribution in [0, 0.1) is 5.92 Å². The van der Waals surface area contributed by atoms with Crippen LogP contribution in [0.25, 0.3) is 11.0 Å². The first-order valence-electron chi connectivity index (χ1n) is 6.76. The first-order valence-corrected chi connectivity index (χ1v) is 6.76. The zero-order valence-electron chi connectivity index (χ0n) is 11.5. The summed E-state index contributed by atoms with van der Waals surface area (Å²) >= 11 is 0. The summed E-state index contributed by atoms with van der Waals surface area (Å²) in [6, 6.07) is 7.89. The Balaban J connectivity index is 2.23. The summed E-state index contributed by atoms with van der Waals surface area (Å²) in [4.78, 5) is 15.8. The molecule has 4 nitrogen and oxygen atoms in total. The van der Waals surface area contributed by atoms with Gasteiger partial charge in [-0.05, 0) is 18.6 Å². The highest BCUT2D eigenvalue weighted by atomic mass is 16.4. The SMILES string of the molecule is CCCCC(Cc1nc2ccccc2n1C)C(=O)O. The number of benzene rings is 1. The summed E-state index contributed by atoms with van der Waals surface area (Å²) in [5.74, 6) is -0.208. The molecule has 0 fully saturated rings. The molecule has 0 aliphatic heterocycles. The van der Waals surface area contributed by atoms with Gasteiger partial charge in [0.05, 0.1) is 17.0 Å². The van der Waals surface area contributed by atoms with Gasteiger partial charge in [-0.15, -0.1) is 0 Å². The van der Waals surface area contributed by atoms with Crippen molar-refractivity contribution in [3.05, 3.63) is 30.1 Å². The van der Waals surface area contributed by atoms with Gasteiger partial charge in [0.15, 0.2) is 0 Å². The van der Waals surface area contributed by atoms with Crippen LogP contribution in [0.1, 0.15) is 32.0 Å². The van der Waals surface area contributed by atoms with Crippen molar-refractivity contribution < 1.29 is 9.90 Å². The van der Waals surface area contributed by atoms with E-state index in [1.54, 1.807) is 0 Å². The summed E-state index contributed by atoms with van der Waals surface area (Å²) in [6.45, 7) is 2.08. The molecule has 4 heteroatoms. The van der Waals surface area contributed by atoms with Crippen molar-refractivity contribution in [2.45, 2.75) is 32.6 Å². The fourth-order valence-corrected chi connectivity index (χ4v) is 2.36. The topological polar surface area (TPSA) is 55.1 Å². The normalized spacial score (nSPS) is 12.7. The predicted molar refractivity (Wildman–Crippen MR) is 75.1 cm³/mol. The highest BCUT2D eigenvalue weighted by Crippen LogP contribution is 2.19. The molecular weight excluding hydrogens is 240 g/mol. The summed E-state index contributed by atoms with van der Waals surface area (Å²) in [5, 5.41) is 9.29. The van der Waals surface area contributed by atoms with E-state index in [1.807, 2.05) is 35.9 Å². The second-order valence-corrected chi connectivity index (χ2v) is 4.96.